The van der Waals surface area contributed by atoms with Crippen LogP contribution in [-0.2, 0) is 4.74 Å². The Morgan fingerprint density at radius 1 is 1.43 bits per heavy atom. The number of rotatable bonds is 5. The number of benzene rings is 1. The molecule has 0 saturated carbocycles. The first-order valence-electron chi connectivity index (χ1n) is 7.29. The van der Waals surface area contributed by atoms with Crippen LogP contribution in [0.5, 0.6) is 11.5 Å². The standard InChI is InChI=1S/C15H18N4O3S/c1-20-11-6-3-5-10(13(11)21-2)9-16-19-14(17-18-15(19)23)12-7-4-8-22-12/h3,5-6,9,12H,4,7-8H2,1-2H3,(H,18,23)/b16-9-/t12-/m1/s1. The van der Waals surface area contributed by atoms with Crippen molar-refractivity contribution in [2.75, 3.05) is 20.8 Å². The van der Waals surface area contributed by atoms with E-state index in [4.69, 9.17) is 26.4 Å². The maximum Gasteiger partial charge on any atom is 0.216 e. The molecule has 0 spiro atoms. The Morgan fingerprint density at radius 2 is 2.30 bits per heavy atom. The van der Waals surface area contributed by atoms with Crippen LogP contribution in [0, 0.1) is 4.77 Å². The minimum Gasteiger partial charge on any atom is -0.493 e. The van der Waals surface area contributed by atoms with Crippen LogP contribution < -0.4 is 9.47 Å². The van der Waals surface area contributed by atoms with Gasteiger partial charge >= 0.3 is 0 Å². The van der Waals surface area contributed by atoms with Crippen molar-refractivity contribution >= 4 is 18.4 Å². The topological polar surface area (TPSA) is 73.7 Å². The van der Waals surface area contributed by atoms with E-state index in [2.05, 4.69) is 15.3 Å². The Labute approximate surface area is 138 Å². The Balaban J connectivity index is 1.95. The summed E-state index contributed by atoms with van der Waals surface area (Å²) in [5, 5.41) is 11.4. The third-order valence-corrected chi connectivity index (χ3v) is 3.90. The molecular formula is C15H18N4O3S. The van der Waals surface area contributed by atoms with E-state index in [9.17, 15) is 0 Å². The van der Waals surface area contributed by atoms with Crippen LogP contribution in [-0.4, -0.2) is 41.9 Å². The summed E-state index contributed by atoms with van der Waals surface area (Å²) in [4.78, 5) is 0. The molecule has 0 unspecified atom stereocenters. The molecule has 0 bridgehead atoms. The first kappa shape index (κ1) is 15.7. The average molecular weight is 334 g/mol. The summed E-state index contributed by atoms with van der Waals surface area (Å²) in [7, 11) is 3.19. The van der Waals surface area contributed by atoms with Crippen LogP contribution in [0.2, 0.25) is 0 Å². The van der Waals surface area contributed by atoms with Crippen LogP contribution >= 0.6 is 12.2 Å². The fraction of sp³-hybridized carbons (Fsp3) is 0.400. The first-order chi connectivity index (χ1) is 11.2. The van der Waals surface area contributed by atoms with Crippen molar-refractivity contribution < 1.29 is 14.2 Å². The highest BCUT2D eigenvalue weighted by Gasteiger charge is 2.23. The van der Waals surface area contributed by atoms with Crippen molar-refractivity contribution in [1.29, 1.82) is 0 Å². The van der Waals surface area contributed by atoms with Gasteiger partial charge in [0.05, 0.1) is 20.4 Å². The molecule has 3 rings (SSSR count). The van der Waals surface area contributed by atoms with Crippen molar-refractivity contribution in [3.8, 4) is 11.5 Å². The van der Waals surface area contributed by atoms with Gasteiger partial charge in [0.1, 0.15) is 6.10 Å². The van der Waals surface area contributed by atoms with E-state index in [1.165, 1.54) is 0 Å². The van der Waals surface area contributed by atoms with Gasteiger partial charge in [-0.1, -0.05) is 6.07 Å². The zero-order valence-corrected chi connectivity index (χ0v) is 13.8. The molecule has 0 radical (unpaired) electrons. The van der Waals surface area contributed by atoms with Gasteiger partial charge in [-0.25, -0.2) is 0 Å². The molecule has 1 fully saturated rings. The second kappa shape index (κ2) is 6.93. The number of aromatic nitrogens is 3. The van der Waals surface area contributed by atoms with E-state index in [1.54, 1.807) is 25.1 Å². The fourth-order valence-electron chi connectivity index (χ4n) is 2.54. The number of hydrogen-bond donors (Lipinski definition) is 1. The predicted molar refractivity (Wildman–Crippen MR) is 87.9 cm³/mol. The Kier molecular flexibility index (Phi) is 4.73. The monoisotopic (exact) mass is 334 g/mol. The zero-order valence-electron chi connectivity index (χ0n) is 13.0. The molecule has 1 N–H and O–H groups in total. The molecule has 1 saturated heterocycles. The molecule has 122 valence electrons. The lowest BCUT2D eigenvalue weighted by Gasteiger charge is -2.10. The van der Waals surface area contributed by atoms with Crippen molar-refractivity contribution in [2.45, 2.75) is 18.9 Å². The molecule has 0 amide bonds. The second-order valence-corrected chi connectivity index (χ2v) is 5.41. The van der Waals surface area contributed by atoms with Gasteiger partial charge in [0.2, 0.25) is 4.77 Å². The summed E-state index contributed by atoms with van der Waals surface area (Å²) < 4.78 is 18.4. The van der Waals surface area contributed by atoms with Gasteiger partial charge in [0.25, 0.3) is 0 Å². The number of H-pyrrole nitrogens is 1. The lowest BCUT2D eigenvalue weighted by molar-refractivity contribution is 0.102. The molecule has 1 aromatic heterocycles. The third-order valence-electron chi connectivity index (χ3n) is 3.64. The van der Waals surface area contributed by atoms with Gasteiger partial charge < -0.3 is 14.2 Å². The third kappa shape index (κ3) is 3.13. The number of nitrogens with zero attached hydrogens (tertiary/aromatic N) is 3. The largest absolute Gasteiger partial charge is 0.493 e. The van der Waals surface area contributed by atoms with E-state index in [0.29, 0.717) is 22.1 Å². The van der Waals surface area contributed by atoms with Crippen LogP contribution in [0.3, 0.4) is 0 Å². The molecule has 7 nitrogen and oxygen atoms in total. The molecular weight excluding hydrogens is 316 g/mol. The van der Waals surface area contributed by atoms with E-state index >= 15 is 0 Å². The smallest absolute Gasteiger partial charge is 0.216 e. The van der Waals surface area contributed by atoms with Crippen molar-refractivity contribution in [1.82, 2.24) is 14.9 Å². The molecule has 1 aliphatic rings. The summed E-state index contributed by atoms with van der Waals surface area (Å²) in [6, 6.07) is 5.59. The molecule has 8 heteroatoms. The summed E-state index contributed by atoms with van der Waals surface area (Å²) in [6.45, 7) is 0.734. The van der Waals surface area contributed by atoms with Crippen molar-refractivity contribution in [2.24, 2.45) is 5.10 Å². The van der Waals surface area contributed by atoms with Gasteiger partial charge in [0, 0.05) is 12.2 Å². The maximum absolute atomic E-state index is 5.66. The van der Waals surface area contributed by atoms with Gasteiger partial charge in [-0.05, 0) is 37.2 Å². The van der Waals surface area contributed by atoms with Gasteiger partial charge in [-0.2, -0.15) is 14.9 Å². The summed E-state index contributed by atoms with van der Waals surface area (Å²) in [5.41, 5.74) is 0.785. The van der Waals surface area contributed by atoms with Crippen LogP contribution in [0.1, 0.15) is 30.3 Å². The van der Waals surface area contributed by atoms with E-state index in [-0.39, 0.29) is 6.10 Å². The minimum absolute atomic E-state index is 0.0766. The normalized spacial score (nSPS) is 17.7. The highest BCUT2D eigenvalue weighted by atomic mass is 32.1. The SMILES string of the molecule is COc1cccc(/C=N\n2c([C@H]3CCCO3)n[nH]c2=S)c1OC. The van der Waals surface area contributed by atoms with Crippen molar-refractivity contribution in [3.63, 3.8) is 0 Å². The summed E-state index contributed by atoms with van der Waals surface area (Å²) in [5.74, 6) is 1.95. The number of ether oxygens (including phenoxy) is 3. The Hall–Kier alpha value is -2.19. The quantitative estimate of drug-likeness (QED) is 0.672. The first-order valence-corrected chi connectivity index (χ1v) is 7.69. The second-order valence-electron chi connectivity index (χ2n) is 5.03. The Bertz CT molecular complexity index is 762. The lowest BCUT2D eigenvalue weighted by Crippen LogP contribution is -2.05. The predicted octanol–water partition coefficient (Wildman–Crippen LogP) is 2.69. The summed E-state index contributed by atoms with van der Waals surface area (Å²) >= 11 is 5.25. The minimum atomic E-state index is -0.0766. The number of methoxy groups -OCH3 is 2. The van der Waals surface area contributed by atoms with Gasteiger partial charge in [-0.15, -0.1) is 0 Å². The Morgan fingerprint density at radius 3 is 3.00 bits per heavy atom. The fourth-order valence-corrected chi connectivity index (χ4v) is 2.73. The highest BCUT2D eigenvalue weighted by molar-refractivity contribution is 7.71. The molecule has 2 aromatic rings. The molecule has 1 atom stereocenters. The molecule has 0 aliphatic carbocycles. The number of aromatic amines is 1. The zero-order chi connectivity index (χ0) is 16.2. The highest BCUT2D eigenvalue weighted by Crippen LogP contribution is 2.30. The lowest BCUT2D eigenvalue weighted by atomic mass is 10.2. The van der Waals surface area contributed by atoms with Crippen LogP contribution in [0.25, 0.3) is 0 Å². The number of hydrogen-bond acceptors (Lipinski definition) is 6. The average Bonchev–Trinajstić information content (AvgIpc) is 3.22. The number of nitrogens with one attached hydrogen (secondary N) is 1. The van der Waals surface area contributed by atoms with E-state index < -0.39 is 0 Å². The number of para-hydroxylation sites is 1. The van der Waals surface area contributed by atoms with Gasteiger partial charge in [-0.3, -0.25) is 5.10 Å². The van der Waals surface area contributed by atoms with Gasteiger partial charge in [0.15, 0.2) is 17.3 Å². The van der Waals surface area contributed by atoms with Crippen LogP contribution in [0.15, 0.2) is 23.3 Å². The maximum atomic E-state index is 5.66. The molecule has 23 heavy (non-hydrogen) atoms. The van der Waals surface area contributed by atoms with E-state index in [0.717, 1.165) is 25.0 Å². The van der Waals surface area contributed by atoms with Crippen molar-refractivity contribution in [3.05, 3.63) is 34.4 Å². The molecule has 1 aromatic carbocycles. The molecule has 2 heterocycles. The van der Waals surface area contributed by atoms with Crippen LogP contribution in [0.4, 0.5) is 0 Å². The molecule has 1 aliphatic heterocycles. The van der Waals surface area contributed by atoms with E-state index in [1.807, 2.05) is 18.2 Å². The summed E-state index contributed by atoms with van der Waals surface area (Å²) in [6.07, 6.45) is 3.52.